The van der Waals surface area contributed by atoms with Crippen molar-refractivity contribution in [1.82, 2.24) is 4.57 Å². The number of nitrogens with zero attached hydrogens (tertiary/aromatic N) is 2. The molecule has 0 radical (unpaired) electrons. The van der Waals surface area contributed by atoms with E-state index in [1.54, 1.807) is 18.4 Å². The summed E-state index contributed by atoms with van der Waals surface area (Å²) in [6, 6.07) is 14.9. The molecule has 31 heavy (non-hydrogen) atoms. The number of benzene rings is 2. The first kappa shape index (κ1) is 19.3. The Bertz CT molecular complexity index is 1120. The topological polar surface area (TPSA) is 26.5 Å². The molecule has 4 bridgehead atoms. The van der Waals surface area contributed by atoms with Crippen molar-refractivity contribution in [3.8, 4) is 22.7 Å². The zero-order valence-corrected chi connectivity index (χ0v) is 18.6. The Morgan fingerprint density at radius 2 is 1.55 bits per heavy atom. The van der Waals surface area contributed by atoms with Gasteiger partial charge in [-0.2, -0.15) is 0 Å². The van der Waals surface area contributed by atoms with Crippen molar-refractivity contribution in [2.75, 3.05) is 7.11 Å². The van der Waals surface area contributed by atoms with E-state index < -0.39 is 0 Å². The van der Waals surface area contributed by atoms with Crippen LogP contribution in [-0.2, 0) is 0 Å². The van der Waals surface area contributed by atoms with Crippen LogP contribution in [-0.4, -0.2) is 17.2 Å². The SMILES string of the molecule is COc1ccc(-c2csc(=NC34CC5CC(CC(C5)C3)C4)n2-c2ccc(F)cc2)cc1. The van der Waals surface area contributed by atoms with Gasteiger partial charge in [0.05, 0.1) is 18.3 Å². The second-order valence-corrected chi connectivity index (χ2v) is 10.5. The van der Waals surface area contributed by atoms with Crippen LogP contribution in [0.1, 0.15) is 38.5 Å². The minimum atomic E-state index is -0.217. The Morgan fingerprint density at radius 1 is 0.935 bits per heavy atom. The van der Waals surface area contributed by atoms with Crippen molar-refractivity contribution < 1.29 is 9.13 Å². The molecular formula is C26H27FN2OS. The summed E-state index contributed by atoms with van der Waals surface area (Å²) < 4.78 is 21.2. The molecule has 4 aliphatic carbocycles. The number of methoxy groups -OCH3 is 1. The lowest BCUT2D eigenvalue weighted by molar-refractivity contribution is -0.000278. The third-order valence-electron chi connectivity index (χ3n) is 7.52. The third kappa shape index (κ3) is 3.43. The van der Waals surface area contributed by atoms with Gasteiger partial charge in [0.15, 0.2) is 4.80 Å². The first-order valence-corrected chi connectivity index (χ1v) is 12.2. The van der Waals surface area contributed by atoms with Crippen LogP contribution < -0.4 is 9.54 Å². The summed E-state index contributed by atoms with van der Waals surface area (Å²) in [7, 11) is 1.68. The molecule has 0 aliphatic heterocycles. The predicted molar refractivity (Wildman–Crippen MR) is 122 cm³/mol. The summed E-state index contributed by atoms with van der Waals surface area (Å²) >= 11 is 1.70. The second-order valence-electron chi connectivity index (χ2n) is 9.70. The average Bonchev–Trinajstić information content (AvgIpc) is 3.16. The van der Waals surface area contributed by atoms with Crippen LogP contribution in [0.2, 0.25) is 0 Å². The lowest BCUT2D eigenvalue weighted by Crippen LogP contribution is -2.50. The van der Waals surface area contributed by atoms with Gasteiger partial charge in [0.2, 0.25) is 0 Å². The lowest BCUT2D eigenvalue weighted by atomic mass is 9.53. The molecule has 160 valence electrons. The van der Waals surface area contributed by atoms with Crippen LogP contribution in [0.3, 0.4) is 0 Å². The summed E-state index contributed by atoms with van der Waals surface area (Å²) in [5.74, 6) is 3.19. The molecule has 0 unspecified atom stereocenters. The summed E-state index contributed by atoms with van der Waals surface area (Å²) in [5.41, 5.74) is 3.24. The van der Waals surface area contributed by atoms with E-state index in [1.165, 1.54) is 50.7 Å². The number of hydrogen-bond acceptors (Lipinski definition) is 3. The molecule has 5 heteroatoms. The van der Waals surface area contributed by atoms with E-state index in [1.807, 2.05) is 24.3 Å². The molecule has 1 heterocycles. The number of ether oxygens (including phenoxy) is 1. The fourth-order valence-corrected chi connectivity index (χ4v) is 7.61. The van der Waals surface area contributed by atoms with Crippen molar-refractivity contribution in [2.45, 2.75) is 44.1 Å². The highest BCUT2D eigenvalue weighted by Crippen LogP contribution is 2.57. The Hall–Kier alpha value is -2.40. The first-order valence-electron chi connectivity index (χ1n) is 11.3. The molecular weight excluding hydrogens is 407 g/mol. The normalized spacial score (nSPS) is 29.5. The fraction of sp³-hybridized carbons (Fsp3) is 0.423. The molecule has 0 saturated heterocycles. The van der Waals surface area contributed by atoms with Gasteiger partial charge in [0, 0.05) is 11.1 Å². The quantitative estimate of drug-likeness (QED) is 0.479. The van der Waals surface area contributed by atoms with Gasteiger partial charge in [0.1, 0.15) is 11.6 Å². The number of hydrogen-bond donors (Lipinski definition) is 0. The molecule has 2 aromatic carbocycles. The molecule has 3 aromatic rings. The molecule has 4 saturated carbocycles. The largest absolute Gasteiger partial charge is 0.497 e. The zero-order valence-electron chi connectivity index (χ0n) is 17.8. The summed E-state index contributed by atoms with van der Waals surface area (Å²) in [5, 5.41) is 2.19. The molecule has 1 aromatic heterocycles. The summed E-state index contributed by atoms with van der Waals surface area (Å²) in [4.78, 5) is 6.52. The van der Waals surface area contributed by atoms with Crippen LogP contribution >= 0.6 is 11.3 Å². The van der Waals surface area contributed by atoms with Gasteiger partial charge in [-0.25, -0.2) is 4.39 Å². The number of thiazole rings is 1. The van der Waals surface area contributed by atoms with Gasteiger partial charge in [-0.05, 0) is 110 Å². The van der Waals surface area contributed by atoms with Crippen LogP contribution in [0, 0.1) is 23.6 Å². The Morgan fingerprint density at radius 3 is 2.13 bits per heavy atom. The molecule has 7 rings (SSSR count). The van der Waals surface area contributed by atoms with Gasteiger partial charge in [-0.1, -0.05) is 0 Å². The predicted octanol–water partition coefficient (Wildman–Crippen LogP) is 6.22. The zero-order chi connectivity index (χ0) is 21.0. The van der Waals surface area contributed by atoms with E-state index >= 15 is 0 Å². The molecule has 0 atom stereocenters. The van der Waals surface area contributed by atoms with E-state index in [0.717, 1.165) is 45.2 Å². The summed E-state index contributed by atoms with van der Waals surface area (Å²) in [6.07, 6.45) is 7.94. The monoisotopic (exact) mass is 434 g/mol. The van der Waals surface area contributed by atoms with Gasteiger partial charge < -0.3 is 4.74 Å². The number of aromatic nitrogens is 1. The van der Waals surface area contributed by atoms with Crippen molar-refractivity contribution in [1.29, 1.82) is 0 Å². The molecule has 4 aliphatic rings. The summed E-state index contributed by atoms with van der Waals surface area (Å²) in [6.45, 7) is 0. The lowest BCUT2D eigenvalue weighted by Gasteiger charge is -2.54. The van der Waals surface area contributed by atoms with E-state index in [-0.39, 0.29) is 11.4 Å². The van der Waals surface area contributed by atoms with Crippen LogP contribution in [0.25, 0.3) is 16.9 Å². The fourth-order valence-electron chi connectivity index (χ4n) is 6.60. The van der Waals surface area contributed by atoms with Crippen molar-refractivity contribution in [3.63, 3.8) is 0 Å². The van der Waals surface area contributed by atoms with Crippen molar-refractivity contribution >= 4 is 11.3 Å². The molecule has 4 fully saturated rings. The molecule has 0 amide bonds. The Balaban J connectivity index is 1.50. The average molecular weight is 435 g/mol. The highest BCUT2D eigenvalue weighted by Gasteiger charge is 2.51. The van der Waals surface area contributed by atoms with Crippen LogP contribution in [0.15, 0.2) is 58.9 Å². The minimum Gasteiger partial charge on any atom is -0.497 e. The number of halogens is 1. The van der Waals surface area contributed by atoms with Crippen LogP contribution in [0.5, 0.6) is 5.75 Å². The highest BCUT2D eigenvalue weighted by atomic mass is 32.1. The maximum Gasteiger partial charge on any atom is 0.190 e. The van der Waals surface area contributed by atoms with E-state index in [4.69, 9.17) is 9.73 Å². The standard InChI is InChI=1S/C26H27FN2OS/c1-30-23-8-2-20(3-9-23)24-16-31-25(29(24)22-6-4-21(27)5-7-22)28-26-13-17-10-18(14-26)12-19(11-17)15-26/h2-9,16-19H,10-15H2,1H3. The molecule has 3 nitrogen and oxygen atoms in total. The third-order valence-corrected chi connectivity index (χ3v) is 8.34. The smallest absolute Gasteiger partial charge is 0.190 e. The number of rotatable bonds is 4. The van der Waals surface area contributed by atoms with Gasteiger partial charge >= 0.3 is 0 Å². The van der Waals surface area contributed by atoms with Crippen molar-refractivity contribution in [3.05, 3.63) is 64.5 Å². The maximum atomic E-state index is 13.7. The van der Waals surface area contributed by atoms with E-state index in [9.17, 15) is 4.39 Å². The first-order chi connectivity index (χ1) is 15.1. The van der Waals surface area contributed by atoms with Gasteiger partial charge in [-0.3, -0.25) is 9.56 Å². The van der Waals surface area contributed by atoms with Crippen LogP contribution in [0.4, 0.5) is 4.39 Å². The van der Waals surface area contributed by atoms with Gasteiger partial charge in [0.25, 0.3) is 0 Å². The second kappa shape index (κ2) is 7.33. The van der Waals surface area contributed by atoms with Crippen molar-refractivity contribution in [2.24, 2.45) is 22.7 Å². The maximum absolute atomic E-state index is 13.7. The molecule has 0 N–H and O–H groups in total. The Labute approximate surface area is 186 Å². The Kier molecular flexibility index (Phi) is 4.57. The minimum absolute atomic E-state index is 0.0958. The highest BCUT2D eigenvalue weighted by molar-refractivity contribution is 7.07. The molecule has 0 spiro atoms. The van der Waals surface area contributed by atoms with E-state index in [2.05, 4.69) is 22.1 Å². The van der Waals surface area contributed by atoms with Gasteiger partial charge in [-0.15, -0.1) is 11.3 Å². The van der Waals surface area contributed by atoms with E-state index in [0.29, 0.717) is 0 Å².